The molecule has 1 saturated heterocycles. The van der Waals surface area contributed by atoms with Crippen molar-refractivity contribution >= 4 is 5.91 Å². The summed E-state index contributed by atoms with van der Waals surface area (Å²) in [4.78, 5) is 11.6. The largest absolute Gasteiger partial charge is 0.376 e. The van der Waals surface area contributed by atoms with Crippen LogP contribution >= 0.6 is 0 Å². The smallest absolute Gasteiger partial charge is 0.221 e. The molecule has 0 spiro atoms. The Morgan fingerprint density at radius 3 is 3.24 bits per heavy atom. The number of carbonyl (C=O) groups excluding carboxylic acids is 1. The normalized spacial score (nSPS) is 19.5. The van der Waals surface area contributed by atoms with Gasteiger partial charge in [0.1, 0.15) is 0 Å². The van der Waals surface area contributed by atoms with Gasteiger partial charge in [-0.3, -0.25) is 9.48 Å². The summed E-state index contributed by atoms with van der Waals surface area (Å²) in [5, 5.41) is 7.13. The second-order valence-electron chi connectivity index (χ2n) is 4.41. The van der Waals surface area contributed by atoms with E-state index in [-0.39, 0.29) is 12.0 Å². The lowest BCUT2D eigenvalue weighted by Crippen LogP contribution is -2.32. The number of rotatable bonds is 5. The van der Waals surface area contributed by atoms with E-state index in [0.717, 1.165) is 25.1 Å². The Morgan fingerprint density at radius 1 is 1.71 bits per heavy atom. The molecule has 0 aromatic carbocycles. The van der Waals surface area contributed by atoms with Crippen LogP contribution in [0.5, 0.6) is 0 Å². The summed E-state index contributed by atoms with van der Waals surface area (Å²) >= 11 is 0. The minimum absolute atomic E-state index is 0.0636. The number of nitrogens with one attached hydrogen (secondary N) is 1. The molecule has 1 amide bonds. The van der Waals surface area contributed by atoms with Gasteiger partial charge in [0.2, 0.25) is 5.91 Å². The summed E-state index contributed by atoms with van der Waals surface area (Å²) in [6.45, 7) is 4.03. The maximum atomic E-state index is 11.6. The summed E-state index contributed by atoms with van der Waals surface area (Å²) in [5.41, 5.74) is 0.977. The van der Waals surface area contributed by atoms with Crippen molar-refractivity contribution in [1.29, 1.82) is 0 Å². The lowest BCUT2D eigenvalue weighted by Gasteiger charge is -2.10. The molecule has 2 heterocycles. The number of ether oxygens (including phenoxy) is 1. The third-order valence-corrected chi connectivity index (χ3v) is 2.89. The zero-order chi connectivity index (χ0) is 12.1. The van der Waals surface area contributed by atoms with E-state index in [2.05, 4.69) is 10.4 Å². The van der Waals surface area contributed by atoms with E-state index in [9.17, 15) is 4.79 Å². The monoisotopic (exact) mass is 237 g/mol. The van der Waals surface area contributed by atoms with Gasteiger partial charge in [-0.15, -0.1) is 0 Å². The summed E-state index contributed by atoms with van der Waals surface area (Å²) in [7, 11) is 0. The van der Waals surface area contributed by atoms with Crippen molar-refractivity contribution in [3.8, 4) is 0 Å². The number of aromatic nitrogens is 2. The molecule has 2 rings (SSSR count). The molecule has 1 N–H and O–H groups in total. The van der Waals surface area contributed by atoms with Gasteiger partial charge in [-0.05, 0) is 25.8 Å². The number of aryl methyl sites for hydroxylation is 2. The minimum atomic E-state index is 0.0636. The van der Waals surface area contributed by atoms with Gasteiger partial charge in [-0.2, -0.15) is 5.10 Å². The number of hydrogen-bond donors (Lipinski definition) is 1. The van der Waals surface area contributed by atoms with Gasteiger partial charge >= 0.3 is 0 Å². The Hall–Kier alpha value is -1.36. The van der Waals surface area contributed by atoms with Crippen LogP contribution < -0.4 is 5.32 Å². The van der Waals surface area contributed by atoms with Gasteiger partial charge < -0.3 is 10.1 Å². The maximum Gasteiger partial charge on any atom is 0.221 e. The molecule has 1 aromatic heterocycles. The SMILES string of the molecule is Cc1ccn(CCC(=O)NCC2CCCO2)n1. The van der Waals surface area contributed by atoms with Gasteiger partial charge in [0.05, 0.1) is 11.8 Å². The second-order valence-corrected chi connectivity index (χ2v) is 4.41. The molecule has 0 saturated carbocycles. The topological polar surface area (TPSA) is 56.2 Å². The molecule has 1 aromatic rings. The van der Waals surface area contributed by atoms with Crippen molar-refractivity contribution in [3.05, 3.63) is 18.0 Å². The van der Waals surface area contributed by atoms with Crippen LogP contribution in [0.15, 0.2) is 12.3 Å². The van der Waals surface area contributed by atoms with E-state index in [0.29, 0.717) is 19.5 Å². The molecule has 1 aliphatic rings. The molecule has 0 aliphatic carbocycles. The number of nitrogens with zero attached hydrogens (tertiary/aromatic N) is 2. The molecular formula is C12H19N3O2. The highest BCUT2D eigenvalue weighted by atomic mass is 16.5. The predicted octanol–water partition coefficient (Wildman–Crippen LogP) is 0.877. The van der Waals surface area contributed by atoms with Crippen LogP contribution in [0.3, 0.4) is 0 Å². The standard InChI is InChI=1S/C12H19N3O2/c1-10-4-6-15(14-10)7-5-12(16)13-9-11-3-2-8-17-11/h4,6,11H,2-3,5,7-9H2,1H3,(H,13,16). The zero-order valence-electron chi connectivity index (χ0n) is 10.2. The lowest BCUT2D eigenvalue weighted by atomic mass is 10.2. The fourth-order valence-corrected chi connectivity index (χ4v) is 1.93. The Kier molecular flexibility index (Phi) is 4.14. The third kappa shape index (κ3) is 3.85. The predicted molar refractivity (Wildman–Crippen MR) is 63.6 cm³/mol. The Morgan fingerprint density at radius 2 is 2.59 bits per heavy atom. The summed E-state index contributed by atoms with van der Waals surface area (Å²) < 4.78 is 7.23. The molecule has 1 aliphatic heterocycles. The first-order chi connectivity index (χ1) is 8.24. The summed E-state index contributed by atoms with van der Waals surface area (Å²) in [5.74, 6) is 0.0636. The van der Waals surface area contributed by atoms with Crippen LogP contribution in [0.25, 0.3) is 0 Å². The van der Waals surface area contributed by atoms with E-state index in [4.69, 9.17) is 4.74 Å². The van der Waals surface area contributed by atoms with Crippen molar-refractivity contribution < 1.29 is 9.53 Å². The number of carbonyl (C=O) groups is 1. The summed E-state index contributed by atoms with van der Waals surface area (Å²) in [6, 6.07) is 1.93. The minimum Gasteiger partial charge on any atom is -0.376 e. The van der Waals surface area contributed by atoms with Crippen molar-refractivity contribution in [3.63, 3.8) is 0 Å². The molecular weight excluding hydrogens is 218 g/mol. The van der Waals surface area contributed by atoms with Crippen LogP contribution in [-0.2, 0) is 16.1 Å². The fourth-order valence-electron chi connectivity index (χ4n) is 1.93. The molecule has 5 nitrogen and oxygen atoms in total. The highest BCUT2D eigenvalue weighted by molar-refractivity contribution is 5.75. The third-order valence-electron chi connectivity index (χ3n) is 2.89. The first-order valence-corrected chi connectivity index (χ1v) is 6.12. The first kappa shape index (κ1) is 12.1. The number of hydrogen-bond acceptors (Lipinski definition) is 3. The van der Waals surface area contributed by atoms with E-state index in [1.54, 1.807) is 4.68 Å². The van der Waals surface area contributed by atoms with Crippen LogP contribution in [0, 0.1) is 6.92 Å². The Balaban J connectivity index is 1.63. The van der Waals surface area contributed by atoms with E-state index in [1.165, 1.54) is 0 Å². The maximum absolute atomic E-state index is 11.6. The fraction of sp³-hybridized carbons (Fsp3) is 0.667. The van der Waals surface area contributed by atoms with Gasteiger partial charge in [0.25, 0.3) is 0 Å². The molecule has 0 bridgehead atoms. The highest BCUT2D eigenvalue weighted by Gasteiger charge is 2.15. The number of amides is 1. The van der Waals surface area contributed by atoms with E-state index in [1.807, 2.05) is 19.2 Å². The highest BCUT2D eigenvalue weighted by Crippen LogP contribution is 2.10. The molecule has 1 fully saturated rings. The van der Waals surface area contributed by atoms with E-state index < -0.39 is 0 Å². The average molecular weight is 237 g/mol. The van der Waals surface area contributed by atoms with Gasteiger partial charge in [0.15, 0.2) is 0 Å². The van der Waals surface area contributed by atoms with Crippen LogP contribution in [0.4, 0.5) is 0 Å². The van der Waals surface area contributed by atoms with Crippen molar-refractivity contribution in [2.45, 2.75) is 38.8 Å². The van der Waals surface area contributed by atoms with Crippen LogP contribution in [-0.4, -0.2) is 34.9 Å². The van der Waals surface area contributed by atoms with Crippen molar-refractivity contribution in [2.24, 2.45) is 0 Å². The Bertz CT molecular complexity index is 370. The van der Waals surface area contributed by atoms with Crippen LogP contribution in [0.2, 0.25) is 0 Å². The summed E-state index contributed by atoms with van der Waals surface area (Å²) in [6.07, 6.45) is 4.73. The molecule has 17 heavy (non-hydrogen) atoms. The Labute approximate surface area is 101 Å². The molecule has 1 unspecified atom stereocenters. The van der Waals surface area contributed by atoms with Crippen molar-refractivity contribution in [1.82, 2.24) is 15.1 Å². The lowest BCUT2D eigenvalue weighted by molar-refractivity contribution is -0.121. The average Bonchev–Trinajstić information content (AvgIpc) is 2.95. The second kappa shape index (κ2) is 5.82. The van der Waals surface area contributed by atoms with E-state index >= 15 is 0 Å². The molecule has 5 heteroatoms. The molecule has 0 radical (unpaired) electrons. The molecule has 94 valence electrons. The quantitative estimate of drug-likeness (QED) is 0.827. The zero-order valence-corrected chi connectivity index (χ0v) is 10.2. The van der Waals surface area contributed by atoms with Gasteiger partial charge in [0, 0.05) is 32.3 Å². The van der Waals surface area contributed by atoms with Gasteiger partial charge in [-0.25, -0.2) is 0 Å². The van der Waals surface area contributed by atoms with Crippen molar-refractivity contribution in [2.75, 3.05) is 13.2 Å². The van der Waals surface area contributed by atoms with Gasteiger partial charge in [-0.1, -0.05) is 0 Å². The first-order valence-electron chi connectivity index (χ1n) is 6.12. The van der Waals surface area contributed by atoms with Crippen LogP contribution in [0.1, 0.15) is 25.0 Å². The molecule has 1 atom stereocenters.